The molecule has 0 radical (unpaired) electrons. The van der Waals surface area contributed by atoms with Crippen molar-refractivity contribution >= 4 is 11.5 Å². The highest BCUT2D eigenvalue weighted by molar-refractivity contribution is 6.02. The van der Waals surface area contributed by atoms with E-state index in [4.69, 9.17) is 0 Å². The minimum Gasteiger partial charge on any atom is -0.504 e. The fourth-order valence-corrected chi connectivity index (χ4v) is 2.38. The topological polar surface area (TPSA) is 104 Å². The van der Waals surface area contributed by atoms with E-state index < -0.39 is 27.9 Å². The maximum absolute atomic E-state index is 12.2. The summed E-state index contributed by atoms with van der Waals surface area (Å²) in [5.41, 5.74) is -0.900. The summed E-state index contributed by atoms with van der Waals surface area (Å²) in [7, 11) is 0. The average Bonchev–Trinajstić information content (AvgIpc) is 2.42. The smallest absolute Gasteiger partial charge is 0.325 e. The van der Waals surface area contributed by atoms with Crippen molar-refractivity contribution in [3.63, 3.8) is 0 Å². The number of benzene rings is 1. The number of phenolic OH excluding ortho intramolecular Hbond substituents is 2. The normalized spacial score (nSPS) is 16.0. The van der Waals surface area contributed by atoms with Gasteiger partial charge in [-0.3, -0.25) is 19.8 Å². The lowest BCUT2D eigenvalue weighted by Gasteiger charge is -2.25. The van der Waals surface area contributed by atoms with Crippen molar-refractivity contribution in [2.45, 2.75) is 19.3 Å². The number of nitrogens with zero attached hydrogens (tertiary/aromatic N) is 2. The Hall–Kier alpha value is -2.15. The van der Waals surface area contributed by atoms with Crippen molar-refractivity contribution in [3.8, 4) is 11.5 Å². The van der Waals surface area contributed by atoms with E-state index in [-0.39, 0.29) is 12.1 Å². The van der Waals surface area contributed by atoms with Gasteiger partial charge < -0.3 is 10.2 Å². The highest BCUT2D eigenvalue weighted by Gasteiger charge is 2.28. The molecule has 0 unspecified atom stereocenters. The molecule has 2 N–H and O–H groups in total. The number of phenols is 2. The third-order valence-electron chi connectivity index (χ3n) is 3.43. The summed E-state index contributed by atoms with van der Waals surface area (Å²) in [5.74, 6) is -1.89. The van der Waals surface area contributed by atoms with E-state index in [1.165, 1.54) is 6.07 Å². The van der Waals surface area contributed by atoms with Gasteiger partial charge in [0.05, 0.1) is 11.5 Å². The van der Waals surface area contributed by atoms with Gasteiger partial charge >= 0.3 is 5.69 Å². The SMILES string of the molecule is O=C(CN1CCCCC1)c1ccc(O)c(O)c1[N+](=O)[O-]. The molecular formula is C13H16N2O5. The molecular weight excluding hydrogens is 264 g/mol. The molecule has 1 fully saturated rings. The second-order valence-electron chi connectivity index (χ2n) is 4.85. The molecule has 0 bridgehead atoms. The molecule has 0 atom stereocenters. The quantitative estimate of drug-likeness (QED) is 0.376. The molecule has 1 aromatic rings. The lowest BCUT2D eigenvalue weighted by atomic mass is 10.1. The van der Waals surface area contributed by atoms with Gasteiger partial charge in [-0.25, -0.2) is 0 Å². The van der Waals surface area contributed by atoms with Gasteiger partial charge in [-0.15, -0.1) is 0 Å². The second kappa shape index (κ2) is 5.87. The molecule has 7 heteroatoms. The third kappa shape index (κ3) is 2.88. The highest BCUT2D eigenvalue weighted by Crippen LogP contribution is 2.37. The number of nitro benzene ring substituents is 1. The largest absolute Gasteiger partial charge is 0.504 e. The zero-order valence-corrected chi connectivity index (χ0v) is 10.9. The van der Waals surface area contributed by atoms with E-state index >= 15 is 0 Å². The van der Waals surface area contributed by atoms with Crippen molar-refractivity contribution in [2.75, 3.05) is 19.6 Å². The predicted octanol–water partition coefficient (Wildman–Crippen LogP) is 1.67. The predicted molar refractivity (Wildman–Crippen MR) is 71.0 cm³/mol. The van der Waals surface area contributed by atoms with Crippen LogP contribution in [0.3, 0.4) is 0 Å². The number of ketones is 1. The highest BCUT2D eigenvalue weighted by atomic mass is 16.6. The fraction of sp³-hybridized carbons (Fsp3) is 0.462. The number of carbonyl (C=O) groups excluding carboxylic acids is 1. The monoisotopic (exact) mass is 280 g/mol. The van der Waals surface area contributed by atoms with Crippen molar-refractivity contribution in [1.82, 2.24) is 4.90 Å². The first-order chi connectivity index (χ1) is 9.50. The van der Waals surface area contributed by atoms with Gasteiger partial charge in [0.25, 0.3) is 0 Å². The second-order valence-corrected chi connectivity index (χ2v) is 4.85. The third-order valence-corrected chi connectivity index (χ3v) is 3.43. The molecule has 1 heterocycles. The minimum atomic E-state index is -0.862. The molecule has 7 nitrogen and oxygen atoms in total. The van der Waals surface area contributed by atoms with Gasteiger partial charge in [-0.1, -0.05) is 6.42 Å². The number of likely N-dealkylation sites (tertiary alicyclic amines) is 1. The lowest BCUT2D eigenvalue weighted by molar-refractivity contribution is -0.386. The number of carbonyl (C=O) groups is 1. The fourth-order valence-electron chi connectivity index (χ4n) is 2.38. The Morgan fingerprint density at radius 1 is 1.25 bits per heavy atom. The Morgan fingerprint density at radius 3 is 2.50 bits per heavy atom. The number of Topliss-reactive ketones (excluding diaryl/α,β-unsaturated/α-hetero) is 1. The minimum absolute atomic E-state index is 0.0883. The zero-order chi connectivity index (χ0) is 14.7. The Bertz CT molecular complexity index is 538. The molecule has 0 spiro atoms. The van der Waals surface area contributed by atoms with Crippen molar-refractivity contribution in [2.24, 2.45) is 0 Å². The van der Waals surface area contributed by atoms with E-state index in [1.54, 1.807) is 0 Å². The van der Waals surface area contributed by atoms with E-state index in [0.29, 0.717) is 0 Å². The van der Waals surface area contributed by atoms with Crippen molar-refractivity contribution in [3.05, 3.63) is 27.8 Å². The van der Waals surface area contributed by atoms with Crippen LogP contribution in [0.4, 0.5) is 5.69 Å². The van der Waals surface area contributed by atoms with E-state index in [2.05, 4.69) is 0 Å². The van der Waals surface area contributed by atoms with E-state index in [1.807, 2.05) is 4.90 Å². The maximum Gasteiger partial charge on any atom is 0.325 e. The number of hydrogen-bond donors (Lipinski definition) is 2. The van der Waals surface area contributed by atoms with Crippen LogP contribution >= 0.6 is 0 Å². The number of hydrogen-bond acceptors (Lipinski definition) is 6. The Balaban J connectivity index is 2.25. The van der Waals surface area contributed by atoms with Gasteiger partial charge in [0.2, 0.25) is 5.75 Å². The molecule has 1 saturated heterocycles. The van der Waals surface area contributed by atoms with Gasteiger partial charge in [0.15, 0.2) is 11.5 Å². The van der Waals surface area contributed by atoms with Crippen LogP contribution < -0.4 is 0 Å². The molecule has 0 amide bonds. The molecule has 1 aliphatic rings. The van der Waals surface area contributed by atoms with Crippen LogP contribution in [0.5, 0.6) is 11.5 Å². The van der Waals surface area contributed by atoms with Crippen LogP contribution in [0, 0.1) is 10.1 Å². The number of piperidine rings is 1. The molecule has 1 aromatic carbocycles. The van der Waals surface area contributed by atoms with Crippen LogP contribution in [0.25, 0.3) is 0 Å². The Kier molecular flexibility index (Phi) is 4.19. The summed E-state index contributed by atoms with van der Waals surface area (Å²) in [6.07, 6.45) is 3.15. The standard InChI is InChI=1S/C13H16N2O5/c16-10-5-4-9(12(13(10)18)15(19)20)11(17)8-14-6-2-1-3-7-14/h4-5,16,18H,1-3,6-8H2. The summed E-state index contributed by atoms with van der Waals surface area (Å²) in [6.45, 7) is 1.68. The summed E-state index contributed by atoms with van der Waals surface area (Å²) in [5, 5.41) is 29.8. The van der Waals surface area contributed by atoms with Gasteiger partial charge in [0, 0.05) is 0 Å². The molecule has 108 valence electrons. The summed E-state index contributed by atoms with van der Waals surface area (Å²) < 4.78 is 0. The van der Waals surface area contributed by atoms with Crippen LogP contribution in [0.15, 0.2) is 12.1 Å². The Morgan fingerprint density at radius 2 is 1.90 bits per heavy atom. The van der Waals surface area contributed by atoms with E-state index in [9.17, 15) is 25.1 Å². The first-order valence-corrected chi connectivity index (χ1v) is 6.45. The molecule has 1 aliphatic heterocycles. The number of rotatable bonds is 4. The van der Waals surface area contributed by atoms with Crippen LogP contribution in [0.2, 0.25) is 0 Å². The van der Waals surface area contributed by atoms with Crippen LogP contribution in [0.1, 0.15) is 29.6 Å². The maximum atomic E-state index is 12.2. The molecule has 0 aromatic heterocycles. The average molecular weight is 280 g/mol. The lowest BCUT2D eigenvalue weighted by Crippen LogP contribution is -2.34. The van der Waals surface area contributed by atoms with Gasteiger partial charge in [0.1, 0.15) is 5.56 Å². The molecule has 2 rings (SSSR count). The molecule has 0 saturated carbocycles. The number of aromatic hydroxyl groups is 2. The first kappa shape index (κ1) is 14.3. The zero-order valence-electron chi connectivity index (χ0n) is 10.9. The van der Waals surface area contributed by atoms with Crippen molar-refractivity contribution < 1.29 is 19.9 Å². The van der Waals surface area contributed by atoms with Crippen LogP contribution in [-0.2, 0) is 0 Å². The summed E-state index contributed by atoms with van der Waals surface area (Å²) in [4.78, 5) is 24.2. The first-order valence-electron chi connectivity index (χ1n) is 6.45. The van der Waals surface area contributed by atoms with Gasteiger partial charge in [-0.2, -0.15) is 0 Å². The Labute approximate surface area is 115 Å². The van der Waals surface area contributed by atoms with Gasteiger partial charge in [-0.05, 0) is 38.1 Å². The number of nitro groups is 1. The molecule has 0 aliphatic carbocycles. The molecule has 20 heavy (non-hydrogen) atoms. The summed E-state index contributed by atoms with van der Waals surface area (Å²) >= 11 is 0. The van der Waals surface area contributed by atoms with Crippen molar-refractivity contribution in [1.29, 1.82) is 0 Å². The van der Waals surface area contributed by atoms with Crippen LogP contribution in [-0.4, -0.2) is 45.5 Å². The van der Waals surface area contributed by atoms with E-state index in [0.717, 1.165) is 38.4 Å². The summed E-state index contributed by atoms with van der Waals surface area (Å²) in [6, 6.07) is 2.27.